The average molecular weight is 413 g/mol. The van der Waals surface area contributed by atoms with Gasteiger partial charge in [-0.3, -0.25) is 9.59 Å². The Morgan fingerprint density at radius 3 is 2.59 bits per heavy atom. The molecular formula is C20H19N3O5S. The third-order valence-electron chi connectivity index (χ3n) is 4.14. The summed E-state index contributed by atoms with van der Waals surface area (Å²) in [4.78, 5) is 28.8. The molecule has 2 heterocycles. The van der Waals surface area contributed by atoms with E-state index in [9.17, 15) is 9.59 Å². The highest BCUT2D eigenvalue weighted by molar-refractivity contribution is 7.22. The van der Waals surface area contributed by atoms with Crippen molar-refractivity contribution < 1.29 is 23.8 Å². The van der Waals surface area contributed by atoms with Crippen molar-refractivity contribution in [2.45, 2.75) is 6.92 Å². The Bertz CT molecular complexity index is 1010. The van der Waals surface area contributed by atoms with Crippen LogP contribution in [0.3, 0.4) is 0 Å². The molecule has 2 amide bonds. The van der Waals surface area contributed by atoms with Crippen LogP contribution in [0.15, 0.2) is 36.4 Å². The van der Waals surface area contributed by atoms with Gasteiger partial charge in [-0.25, -0.2) is 4.98 Å². The van der Waals surface area contributed by atoms with Crippen molar-refractivity contribution in [1.29, 1.82) is 0 Å². The van der Waals surface area contributed by atoms with Gasteiger partial charge in [-0.1, -0.05) is 11.3 Å². The summed E-state index contributed by atoms with van der Waals surface area (Å²) < 4.78 is 17.3. The van der Waals surface area contributed by atoms with E-state index in [1.165, 1.54) is 11.3 Å². The Labute approximate surface area is 170 Å². The number of hydrogen-bond donors (Lipinski definition) is 2. The smallest absolute Gasteiger partial charge is 0.251 e. The zero-order valence-electron chi connectivity index (χ0n) is 15.7. The van der Waals surface area contributed by atoms with Gasteiger partial charge in [0.1, 0.15) is 19.0 Å². The van der Waals surface area contributed by atoms with Crippen LogP contribution in [-0.2, 0) is 4.79 Å². The highest BCUT2D eigenvalue weighted by Crippen LogP contribution is 2.37. The van der Waals surface area contributed by atoms with Crippen molar-refractivity contribution in [3.63, 3.8) is 0 Å². The number of carbonyl (C=O) groups is 2. The van der Waals surface area contributed by atoms with Crippen LogP contribution in [0.25, 0.3) is 10.2 Å². The van der Waals surface area contributed by atoms with Crippen molar-refractivity contribution in [2.24, 2.45) is 0 Å². The van der Waals surface area contributed by atoms with Crippen LogP contribution in [0.2, 0.25) is 0 Å². The molecule has 0 saturated carbocycles. The maximum Gasteiger partial charge on any atom is 0.251 e. The molecule has 29 heavy (non-hydrogen) atoms. The highest BCUT2D eigenvalue weighted by atomic mass is 32.1. The average Bonchev–Trinajstić information content (AvgIpc) is 3.11. The molecule has 0 unspecified atom stereocenters. The van der Waals surface area contributed by atoms with E-state index in [-0.39, 0.29) is 18.4 Å². The summed E-state index contributed by atoms with van der Waals surface area (Å²) in [5.74, 6) is 1.31. The van der Waals surface area contributed by atoms with E-state index >= 15 is 0 Å². The van der Waals surface area contributed by atoms with E-state index in [1.807, 2.05) is 13.0 Å². The number of fused-ring (bicyclic) bond motifs is 2. The number of hydrogen-bond acceptors (Lipinski definition) is 7. The third kappa shape index (κ3) is 4.40. The Morgan fingerprint density at radius 1 is 1.14 bits per heavy atom. The first kappa shape index (κ1) is 19.0. The van der Waals surface area contributed by atoms with Gasteiger partial charge in [0.15, 0.2) is 16.6 Å². The molecule has 0 bridgehead atoms. The second-order valence-corrected chi connectivity index (χ2v) is 7.20. The number of aromatic nitrogens is 1. The Morgan fingerprint density at radius 2 is 1.86 bits per heavy atom. The van der Waals surface area contributed by atoms with Gasteiger partial charge in [-0.15, -0.1) is 0 Å². The zero-order valence-corrected chi connectivity index (χ0v) is 16.5. The summed E-state index contributed by atoms with van der Waals surface area (Å²) in [5, 5.41) is 5.75. The van der Waals surface area contributed by atoms with Crippen molar-refractivity contribution in [1.82, 2.24) is 10.3 Å². The molecule has 0 atom stereocenters. The van der Waals surface area contributed by atoms with Crippen molar-refractivity contribution in [3.8, 4) is 17.2 Å². The minimum absolute atomic E-state index is 0.162. The summed E-state index contributed by atoms with van der Waals surface area (Å²) in [6.07, 6.45) is 0. The maximum absolute atomic E-state index is 12.2. The lowest BCUT2D eigenvalue weighted by molar-refractivity contribution is -0.115. The lowest BCUT2D eigenvalue weighted by Crippen LogP contribution is -2.32. The predicted molar refractivity (Wildman–Crippen MR) is 109 cm³/mol. The fraction of sp³-hybridized carbons (Fsp3) is 0.250. The highest BCUT2D eigenvalue weighted by Gasteiger charge is 2.16. The lowest BCUT2D eigenvalue weighted by atomic mass is 10.2. The van der Waals surface area contributed by atoms with E-state index in [2.05, 4.69) is 15.6 Å². The number of carbonyl (C=O) groups excluding carboxylic acids is 2. The molecule has 2 aromatic carbocycles. The molecule has 3 aromatic rings. The second-order valence-electron chi connectivity index (χ2n) is 6.17. The van der Waals surface area contributed by atoms with Crippen LogP contribution in [0.4, 0.5) is 5.13 Å². The van der Waals surface area contributed by atoms with Crippen LogP contribution in [0, 0.1) is 0 Å². The molecule has 0 spiro atoms. The first-order valence-electron chi connectivity index (χ1n) is 9.13. The number of anilines is 1. The van der Waals surface area contributed by atoms with Crippen LogP contribution in [-0.4, -0.2) is 43.2 Å². The summed E-state index contributed by atoms with van der Waals surface area (Å²) >= 11 is 1.33. The van der Waals surface area contributed by atoms with Gasteiger partial charge in [-0.2, -0.15) is 0 Å². The molecule has 8 nitrogen and oxygen atoms in total. The number of benzene rings is 2. The minimum Gasteiger partial charge on any atom is -0.494 e. The zero-order chi connectivity index (χ0) is 20.2. The Kier molecular flexibility index (Phi) is 5.48. The van der Waals surface area contributed by atoms with Crippen molar-refractivity contribution in [3.05, 3.63) is 42.0 Å². The molecule has 1 aliphatic rings. The molecule has 0 aliphatic carbocycles. The normalized spacial score (nSPS) is 12.4. The fourth-order valence-electron chi connectivity index (χ4n) is 2.81. The SMILES string of the molecule is CCOc1ccc(C(=O)NCC(=O)Nc2nc3cc4c(cc3s2)OCCO4)cc1. The van der Waals surface area contributed by atoms with Gasteiger partial charge in [0.2, 0.25) is 5.91 Å². The second kappa shape index (κ2) is 8.36. The molecule has 0 fully saturated rings. The molecule has 0 saturated heterocycles. The van der Waals surface area contributed by atoms with Crippen LogP contribution < -0.4 is 24.8 Å². The van der Waals surface area contributed by atoms with Crippen LogP contribution in [0.1, 0.15) is 17.3 Å². The molecule has 1 aromatic heterocycles. The van der Waals surface area contributed by atoms with E-state index in [1.54, 1.807) is 30.3 Å². The van der Waals surface area contributed by atoms with Gasteiger partial charge < -0.3 is 24.8 Å². The summed E-state index contributed by atoms with van der Waals surface area (Å²) in [7, 11) is 0. The third-order valence-corrected chi connectivity index (χ3v) is 5.07. The predicted octanol–water partition coefficient (Wildman–Crippen LogP) is 2.83. The molecule has 9 heteroatoms. The Hall–Kier alpha value is -3.33. The molecule has 1 aliphatic heterocycles. The quantitative estimate of drug-likeness (QED) is 0.645. The van der Waals surface area contributed by atoms with Crippen LogP contribution >= 0.6 is 11.3 Å². The largest absolute Gasteiger partial charge is 0.494 e. The van der Waals surface area contributed by atoms with Crippen molar-refractivity contribution in [2.75, 3.05) is 31.7 Å². The number of nitrogens with one attached hydrogen (secondary N) is 2. The van der Waals surface area contributed by atoms with Gasteiger partial charge in [0.25, 0.3) is 5.91 Å². The maximum atomic E-state index is 12.2. The number of nitrogens with zero attached hydrogens (tertiary/aromatic N) is 1. The van der Waals surface area contributed by atoms with E-state index in [0.717, 1.165) is 4.70 Å². The molecule has 150 valence electrons. The van der Waals surface area contributed by atoms with Gasteiger partial charge in [-0.05, 0) is 31.2 Å². The molecule has 4 rings (SSSR count). The molecule has 2 N–H and O–H groups in total. The lowest BCUT2D eigenvalue weighted by Gasteiger charge is -2.17. The van der Waals surface area contributed by atoms with E-state index in [0.29, 0.717) is 53.3 Å². The summed E-state index contributed by atoms with van der Waals surface area (Å²) in [6, 6.07) is 10.4. The number of ether oxygens (including phenoxy) is 3. The summed E-state index contributed by atoms with van der Waals surface area (Å²) in [5.41, 5.74) is 1.17. The Balaban J connectivity index is 1.35. The summed E-state index contributed by atoms with van der Waals surface area (Å²) in [6.45, 7) is 3.29. The molecular weight excluding hydrogens is 394 g/mol. The first-order valence-corrected chi connectivity index (χ1v) is 9.95. The van der Waals surface area contributed by atoms with Gasteiger partial charge in [0, 0.05) is 17.7 Å². The minimum atomic E-state index is -0.361. The number of thiazole rings is 1. The first-order chi connectivity index (χ1) is 14.1. The number of rotatable bonds is 6. The van der Waals surface area contributed by atoms with Crippen LogP contribution in [0.5, 0.6) is 17.2 Å². The fourth-order valence-corrected chi connectivity index (χ4v) is 3.71. The van der Waals surface area contributed by atoms with Gasteiger partial charge in [0.05, 0.1) is 23.4 Å². The molecule has 0 radical (unpaired) electrons. The number of amides is 2. The van der Waals surface area contributed by atoms with Gasteiger partial charge >= 0.3 is 0 Å². The van der Waals surface area contributed by atoms with E-state index < -0.39 is 0 Å². The van der Waals surface area contributed by atoms with E-state index in [4.69, 9.17) is 14.2 Å². The monoisotopic (exact) mass is 413 g/mol. The topological polar surface area (TPSA) is 98.8 Å². The standard InChI is InChI=1S/C20H19N3O5S/c1-2-26-13-5-3-12(4-6-13)19(25)21-11-18(24)23-20-22-14-9-15-16(10-17(14)29-20)28-8-7-27-15/h3-6,9-10H,2,7-8,11H2,1H3,(H,21,25)(H,22,23,24). The van der Waals surface area contributed by atoms with Crippen molar-refractivity contribution >= 4 is 38.5 Å².